The van der Waals surface area contributed by atoms with Crippen LogP contribution in [0.5, 0.6) is 0 Å². The summed E-state index contributed by atoms with van der Waals surface area (Å²) in [5.74, 6) is 0.518. The number of rotatable bonds is 4. The maximum absolute atomic E-state index is 11.9. The third kappa shape index (κ3) is 4.14. The summed E-state index contributed by atoms with van der Waals surface area (Å²) >= 11 is 1.71. The molecule has 0 aromatic heterocycles. The van der Waals surface area contributed by atoms with Crippen molar-refractivity contribution in [3.63, 3.8) is 0 Å². The van der Waals surface area contributed by atoms with Crippen molar-refractivity contribution in [2.45, 2.75) is 25.0 Å². The summed E-state index contributed by atoms with van der Waals surface area (Å²) in [6, 6.07) is 5.56. The SMILES string of the molecule is Cc1c(N)cccc1NC(=O)CSC1CCOCC1. The number of ether oxygens (including phenoxy) is 1. The molecule has 0 spiro atoms. The zero-order chi connectivity index (χ0) is 13.7. The average Bonchev–Trinajstić information content (AvgIpc) is 2.43. The van der Waals surface area contributed by atoms with Crippen LogP contribution < -0.4 is 11.1 Å². The summed E-state index contributed by atoms with van der Waals surface area (Å²) in [6.45, 7) is 3.54. The first-order valence-corrected chi connectivity index (χ1v) is 7.56. The van der Waals surface area contributed by atoms with E-state index in [1.807, 2.05) is 25.1 Å². The highest BCUT2D eigenvalue weighted by Crippen LogP contribution is 2.23. The molecule has 4 nitrogen and oxygen atoms in total. The summed E-state index contributed by atoms with van der Waals surface area (Å²) < 4.78 is 5.30. The summed E-state index contributed by atoms with van der Waals surface area (Å²) in [5, 5.41) is 3.46. The Morgan fingerprint density at radius 1 is 1.47 bits per heavy atom. The fourth-order valence-corrected chi connectivity index (χ4v) is 3.00. The first kappa shape index (κ1) is 14.2. The second-order valence-corrected chi connectivity index (χ2v) is 5.98. The van der Waals surface area contributed by atoms with Gasteiger partial charge in [0.1, 0.15) is 0 Å². The van der Waals surface area contributed by atoms with Gasteiger partial charge in [-0.1, -0.05) is 6.07 Å². The number of benzene rings is 1. The Kier molecular flexibility index (Phi) is 5.10. The number of carbonyl (C=O) groups excluding carboxylic acids is 1. The molecule has 0 aliphatic carbocycles. The van der Waals surface area contributed by atoms with Gasteiger partial charge in [0.25, 0.3) is 0 Å². The molecule has 1 aliphatic heterocycles. The normalized spacial score (nSPS) is 16.3. The fraction of sp³-hybridized carbons (Fsp3) is 0.500. The van der Waals surface area contributed by atoms with Gasteiger partial charge in [-0.25, -0.2) is 0 Å². The van der Waals surface area contributed by atoms with Gasteiger partial charge in [0.2, 0.25) is 5.91 Å². The van der Waals surface area contributed by atoms with Crippen LogP contribution in [0.4, 0.5) is 11.4 Å². The number of carbonyl (C=O) groups is 1. The van der Waals surface area contributed by atoms with Gasteiger partial charge in [0.05, 0.1) is 5.75 Å². The van der Waals surface area contributed by atoms with Crippen molar-refractivity contribution in [2.75, 3.05) is 30.0 Å². The van der Waals surface area contributed by atoms with Crippen LogP contribution in [0.2, 0.25) is 0 Å². The van der Waals surface area contributed by atoms with E-state index in [-0.39, 0.29) is 5.91 Å². The number of nitrogens with one attached hydrogen (secondary N) is 1. The maximum Gasteiger partial charge on any atom is 0.234 e. The number of hydrogen-bond acceptors (Lipinski definition) is 4. The zero-order valence-electron chi connectivity index (χ0n) is 11.1. The molecule has 1 fully saturated rings. The Morgan fingerprint density at radius 2 is 2.21 bits per heavy atom. The Bertz CT molecular complexity index is 445. The summed E-state index contributed by atoms with van der Waals surface area (Å²) in [7, 11) is 0. The van der Waals surface area contributed by atoms with Gasteiger partial charge >= 0.3 is 0 Å². The van der Waals surface area contributed by atoms with E-state index in [2.05, 4.69) is 5.32 Å². The lowest BCUT2D eigenvalue weighted by Crippen LogP contribution is -2.21. The van der Waals surface area contributed by atoms with E-state index in [1.54, 1.807) is 11.8 Å². The summed E-state index contributed by atoms with van der Waals surface area (Å²) in [6.07, 6.45) is 2.07. The molecule has 5 heteroatoms. The van der Waals surface area contributed by atoms with Crippen LogP contribution in [0.3, 0.4) is 0 Å². The Hall–Kier alpha value is -1.20. The third-order valence-electron chi connectivity index (χ3n) is 3.27. The molecule has 1 aromatic carbocycles. The van der Waals surface area contributed by atoms with Gasteiger partial charge in [-0.2, -0.15) is 0 Å². The van der Waals surface area contributed by atoms with Crippen LogP contribution in [-0.4, -0.2) is 30.1 Å². The lowest BCUT2D eigenvalue weighted by molar-refractivity contribution is -0.113. The minimum Gasteiger partial charge on any atom is -0.398 e. The van der Waals surface area contributed by atoms with Crippen molar-refractivity contribution in [1.29, 1.82) is 0 Å². The number of anilines is 2. The van der Waals surface area contributed by atoms with E-state index in [1.165, 1.54) is 0 Å². The zero-order valence-corrected chi connectivity index (χ0v) is 12.0. The molecule has 1 amide bonds. The molecule has 2 rings (SSSR count). The van der Waals surface area contributed by atoms with Crippen LogP contribution in [0.25, 0.3) is 0 Å². The summed E-state index contributed by atoms with van der Waals surface area (Å²) in [4.78, 5) is 11.9. The number of thioether (sulfide) groups is 1. The first-order chi connectivity index (χ1) is 9.16. The predicted molar refractivity (Wildman–Crippen MR) is 80.5 cm³/mol. The number of hydrogen-bond donors (Lipinski definition) is 2. The molecule has 104 valence electrons. The van der Waals surface area contributed by atoms with Crippen LogP contribution >= 0.6 is 11.8 Å². The van der Waals surface area contributed by atoms with Crippen molar-refractivity contribution in [3.8, 4) is 0 Å². The van der Waals surface area contributed by atoms with Gasteiger partial charge in [0, 0.05) is 29.8 Å². The highest BCUT2D eigenvalue weighted by Gasteiger charge is 2.16. The average molecular weight is 280 g/mol. The molecular formula is C14H20N2O2S. The molecular weight excluding hydrogens is 260 g/mol. The first-order valence-electron chi connectivity index (χ1n) is 6.51. The highest BCUT2D eigenvalue weighted by atomic mass is 32.2. The smallest absolute Gasteiger partial charge is 0.234 e. The van der Waals surface area contributed by atoms with Crippen LogP contribution in [-0.2, 0) is 9.53 Å². The Morgan fingerprint density at radius 3 is 2.95 bits per heavy atom. The Balaban J connectivity index is 1.82. The van der Waals surface area contributed by atoms with E-state index in [9.17, 15) is 4.79 Å². The largest absolute Gasteiger partial charge is 0.398 e. The Labute approximate surface area is 118 Å². The highest BCUT2D eigenvalue weighted by molar-refractivity contribution is 8.00. The molecule has 1 aromatic rings. The van der Waals surface area contributed by atoms with E-state index >= 15 is 0 Å². The van der Waals surface area contributed by atoms with Crippen LogP contribution in [0.15, 0.2) is 18.2 Å². The van der Waals surface area contributed by atoms with Crippen molar-refractivity contribution in [1.82, 2.24) is 0 Å². The van der Waals surface area contributed by atoms with Gasteiger partial charge in [0.15, 0.2) is 0 Å². The molecule has 0 saturated carbocycles. The second-order valence-electron chi connectivity index (χ2n) is 4.69. The van der Waals surface area contributed by atoms with Crippen molar-refractivity contribution < 1.29 is 9.53 Å². The van der Waals surface area contributed by atoms with Gasteiger partial charge in [-0.05, 0) is 37.5 Å². The number of amides is 1. The van der Waals surface area contributed by atoms with Gasteiger partial charge < -0.3 is 15.8 Å². The second kappa shape index (κ2) is 6.82. The van der Waals surface area contributed by atoms with E-state index in [0.29, 0.717) is 16.7 Å². The molecule has 0 atom stereocenters. The molecule has 0 radical (unpaired) electrons. The maximum atomic E-state index is 11.9. The molecule has 0 bridgehead atoms. The molecule has 3 N–H and O–H groups in total. The number of nitrogen functional groups attached to an aromatic ring is 1. The lowest BCUT2D eigenvalue weighted by atomic mass is 10.1. The monoisotopic (exact) mass is 280 g/mol. The van der Waals surface area contributed by atoms with Crippen molar-refractivity contribution >= 4 is 29.0 Å². The van der Waals surface area contributed by atoms with Gasteiger partial charge in [-0.3, -0.25) is 4.79 Å². The van der Waals surface area contributed by atoms with Crippen molar-refractivity contribution in [2.24, 2.45) is 0 Å². The standard InChI is InChI=1S/C14H20N2O2S/c1-10-12(15)3-2-4-13(10)16-14(17)9-19-11-5-7-18-8-6-11/h2-4,11H,5-9,15H2,1H3,(H,16,17). The molecule has 0 unspecified atom stereocenters. The molecule has 19 heavy (non-hydrogen) atoms. The predicted octanol–water partition coefficient (Wildman–Crippen LogP) is 2.43. The summed E-state index contributed by atoms with van der Waals surface area (Å²) in [5.41, 5.74) is 8.25. The van der Waals surface area contributed by atoms with Crippen LogP contribution in [0.1, 0.15) is 18.4 Å². The van der Waals surface area contributed by atoms with E-state index in [4.69, 9.17) is 10.5 Å². The topological polar surface area (TPSA) is 64.3 Å². The minimum absolute atomic E-state index is 0.0326. The molecule has 1 saturated heterocycles. The van der Waals surface area contributed by atoms with E-state index in [0.717, 1.165) is 37.3 Å². The molecule has 1 heterocycles. The van der Waals surface area contributed by atoms with Crippen LogP contribution in [0, 0.1) is 6.92 Å². The lowest BCUT2D eigenvalue weighted by Gasteiger charge is -2.21. The van der Waals surface area contributed by atoms with Gasteiger partial charge in [-0.15, -0.1) is 11.8 Å². The minimum atomic E-state index is 0.0326. The van der Waals surface area contributed by atoms with E-state index < -0.39 is 0 Å². The quantitative estimate of drug-likeness (QED) is 0.831. The fourth-order valence-electron chi connectivity index (χ4n) is 2.01. The number of nitrogens with two attached hydrogens (primary N) is 1. The third-order valence-corrected chi connectivity index (χ3v) is 4.64. The molecule has 1 aliphatic rings. The van der Waals surface area contributed by atoms with Crippen molar-refractivity contribution in [3.05, 3.63) is 23.8 Å².